The second-order valence-electron chi connectivity index (χ2n) is 7.73. The van der Waals surface area contributed by atoms with Gasteiger partial charge in [0.2, 0.25) is 5.91 Å². The Morgan fingerprint density at radius 3 is 2.23 bits per heavy atom. The van der Waals surface area contributed by atoms with Gasteiger partial charge in [-0.25, -0.2) is 21.6 Å². The standard InChI is InChI=1S/C18H24F3NO3S/c1-18(2,3)26(24,25)11-12-6-8-22(9-7-12)15(23)10-13-4-5-14(19)17(21)16(13)20/h4-5,12H,6-11H2,1-3H3. The Bertz CT molecular complexity index is 780. The Balaban J connectivity index is 1.94. The van der Waals surface area contributed by atoms with Crippen LogP contribution < -0.4 is 0 Å². The molecule has 0 spiro atoms. The lowest BCUT2D eigenvalue weighted by molar-refractivity contribution is -0.131. The Morgan fingerprint density at radius 1 is 1.12 bits per heavy atom. The van der Waals surface area contributed by atoms with Crippen molar-refractivity contribution in [2.75, 3.05) is 18.8 Å². The molecule has 0 bridgehead atoms. The highest BCUT2D eigenvalue weighted by Gasteiger charge is 2.33. The third-order valence-corrected chi connectivity index (χ3v) is 7.59. The smallest absolute Gasteiger partial charge is 0.227 e. The van der Waals surface area contributed by atoms with Gasteiger partial charge in [-0.3, -0.25) is 4.79 Å². The first-order chi connectivity index (χ1) is 11.9. The van der Waals surface area contributed by atoms with E-state index in [2.05, 4.69) is 0 Å². The molecule has 0 saturated carbocycles. The second-order valence-corrected chi connectivity index (χ2v) is 10.5. The van der Waals surface area contributed by atoms with Crippen molar-refractivity contribution >= 4 is 15.7 Å². The van der Waals surface area contributed by atoms with E-state index < -0.39 is 32.0 Å². The van der Waals surface area contributed by atoms with Crippen molar-refractivity contribution in [1.29, 1.82) is 0 Å². The van der Waals surface area contributed by atoms with Crippen LogP contribution in [0.4, 0.5) is 13.2 Å². The summed E-state index contributed by atoms with van der Waals surface area (Å²) in [5.74, 6) is -4.54. The molecule has 1 aliphatic heterocycles. The summed E-state index contributed by atoms with van der Waals surface area (Å²) in [5.41, 5.74) is -0.189. The maximum absolute atomic E-state index is 13.7. The SMILES string of the molecule is CC(C)(C)S(=O)(=O)CC1CCN(C(=O)Cc2ccc(F)c(F)c2F)CC1. The molecular formula is C18H24F3NO3S. The lowest BCUT2D eigenvalue weighted by Crippen LogP contribution is -2.42. The van der Waals surface area contributed by atoms with Crippen LogP contribution in [0.1, 0.15) is 39.2 Å². The van der Waals surface area contributed by atoms with Crippen LogP contribution >= 0.6 is 0 Å². The molecule has 1 fully saturated rings. The molecule has 1 aromatic carbocycles. The lowest BCUT2D eigenvalue weighted by atomic mass is 9.98. The van der Waals surface area contributed by atoms with Crippen LogP contribution in [-0.4, -0.2) is 42.8 Å². The van der Waals surface area contributed by atoms with Crippen LogP contribution in [0.5, 0.6) is 0 Å². The van der Waals surface area contributed by atoms with Crippen molar-refractivity contribution < 1.29 is 26.4 Å². The van der Waals surface area contributed by atoms with E-state index >= 15 is 0 Å². The Labute approximate surface area is 152 Å². The normalized spacial score (nSPS) is 16.8. The van der Waals surface area contributed by atoms with Gasteiger partial charge in [-0.15, -0.1) is 0 Å². The van der Waals surface area contributed by atoms with Crippen LogP contribution in [0, 0.1) is 23.4 Å². The van der Waals surface area contributed by atoms with Gasteiger partial charge in [0.15, 0.2) is 27.3 Å². The zero-order valence-electron chi connectivity index (χ0n) is 15.2. The van der Waals surface area contributed by atoms with Gasteiger partial charge in [0.05, 0.1) is 16.9 Å². The number of piperidine rings is 1. The Kier molecular flexibility index (Phi) is 6.05. The summed E-state index contributed by atoms with van der Waals surface area (Å²) in [6.45, 7) is 5.73. The quantitative estimate of drug-likeness (QED) is 0.741. The minimum atomic E-state index is -3.23. The summed E-state index contributed by atoms with van der Waals surface area (Å²) in [6.07, 6.45) is 0.733. The van der Waals surface area contributed by atoms with Crippen LogP contribution in [0.2, 0.25) is 0 Å². The van der Waals surface area contributed by atoms with Gasteiger partial charge in [-0.1, -0.05) is 6.07 Å². The summed E-state index contributed by atoms with van der Waals surface area (Å²) in [7, 11) is -3.23. The molecule has 26 heavy (non-hydrogen) atoms. The minimum absolute atomic E-state index is 0.0247. The largest absolute Gasteiger partial charge is 0.342 e. The summed E-state index contributed by atoms with van der Waals surface area (Å²) in [5, 5.41) is 0. The van der Waals surface area contributed by atoms with Crippen LogP contribution in [-0.2, 0) is 21.1 Å². The van der Waals surface area contributed by atoms with Gasteiger partial charge >= 0.3 is 0 Å². The predicted octanol–water partition coefficient (Wildman–Crippen LogP) is 3.10. The number of amides is 1. The summed E-state index contributed by atoms with van der Waals surface area (Å²) in [4.78, 5) is 13.8. The zero-order valence-corrected chi connectivity index (χ0v) is 16.0. The third-order valence-electron chi connectivity index (χ3n) is 4.81. The molecule has 0 aromatic heterocycles. The fraction of sp³-hybridized carbons (Fsp3) is 0.611. The number of halogens is 3. The highest BCUT2D eigenvalue weighted by atomic mass is 32.2. The van der Waals surface area contributed by atoms with Gasteiger partial charge in [0, 0.05) is 18.7 Å². The maximum Gasteiger partial charge on any atom is 0.227 e. The number of rotatable bonds is 4. The molecule has 1 saturated heterocycles. The van der Waals surface area contributed by atoms with Gasteiger partial charge in [-0.05, 0) is 45.6 Å². The topological polar surface area (TPSA) is 54.5 Å². The maximum atomic E-state index is 13.7. The van der Waals surface area contributed by atoms with Gasteiger partial charge in [0.25, 0.3) is 0 Å². The predicted molar refractivity (Wildman–Crippen MR) is 92.9 cm³/mol. The summed E-state index contributed by atoms with van der Waals surface area (Å²) < 4.78 is 63.7. The molecule has 1 heterocycles. The van der Waals surface area contributed by atoms with E-state index in [1.54, 1.807) is 20.8 Å². The van der Waals surface area contributed by atoms with E-state index in [0.717, 1.165) is 12.1 Å². The van der Waals surface area contributed by atoms with E-state index in [1.807, 2.05) is 0 Å². The number of hydrogen-bond donors (Lipinski definition) is 0. The van der Waals surface area contributed by atoms with Crippen molar-refractivity contribution in [2.45, 2.75) is 44.8 Å². The molecular weight excluding hydrogens is 367 g/mol. The van der Waals surface area contributed by atoms with Crippen LogP contribution in [0.25, 0.3) is 0 Å². The minimum Gasteiger partial charge on any atom is -0.342 e. The molecule has 4 nitrogen and oxygen atoms in total. The Morgan fingerprint density at radius 2 is 1.69 bits per heavy atom. The molecule has 1 amide bonds. The van der Waals surface area contributed by atoms with Crippen molar-refractivity contribution in [2.24, 2.45) is 5.92 Å². The van der Waals surface area contributed by atoms with Gasteiger partial charge < -0.3 is 4.90 Å². The number of carbonyl (C=O) groups excluding carboxylic acids is 1. The molecule has 0 N–H and O–H groups in total. The molecule has 2 rings (SSSR count). The monoisotopic (exact) mass is 391 g/mol. The first-order valence-electron chi connectivity index (χ1n) is 8.55. The van der Waals surface area contributed by atoms with Gasteiger partial charge in [0.1, 0.15) is 0 Å². The van der Waals surface area contributed by atoms with Crippen LogP contribution in [0.15, 0.2) is 12.1 Å². The molecule has 0 radical (unpaired) electrons. The van der Waals surface area contributed by atoms with E-state index in [4.69, 9.17) is 0 Å². The fourth-order valence-corrected chi connectivity index (χ4v) is 4.34. The van der Waals surface area contributed by atoms with Gasteiger partial charge in [-0.2, -0.15) is 0 Å². The first-order valence-corrected chi connectivity index (χ1v) is 10.2. The van der Waals surface area contributed by atoms with E-state index in [-0.39, 0.29) is 29.6 Å². The van der Waals surface area contributed by atoms with Crippen molar-refractivity contribution in [3.63, 3.8) is 0 Å². The molecule has 0 aliphatic carbocycles. The number of sulfone groups is 1. The number of carbonyl (C=O) groups is 1. The summed E-state index contributed by atoms with van der Waals surface area (Å²) >= 11 is 0. The average molecular weight is 391 g/mol. The average Bonchev–Trinajstić information content (AvgIpc) is 2.54. The molecule has 1 aromatic rings. The number of benzene rings is 1. The zero-order chi connectivity index (χ0) is 19.7. The van der Waals surface area contributed by atoms with Crippen molar-refractivity contribution in [1.82, 2.24) is 4.90 Å². The molecule has 1 aliphatic rings. The van der Waals surface area contributed by atoms with E-state index in [0.29, 0.717) is 25.9 Å². The third kappa shape index (κ3) is 4.58. The van der Waals surface area contributed by atoms with Crippen LogP contribution in [0.3, 0.4) is 0 Å². The van der Waals surface area contributed by atoms with Crippen molar-refractivity contribution in [3.8, 4) is 0 Å². The molecule has 0 atom stereocenters. The number of nitrogens with zero attached hydrogens (tertiary/aromatic N) is 1. The van der Waals surface area contributed by atoms with E-state index in [9.17, 15) is 26.4 Å². The molecule has 146 valence electrons. The number of likely N-dealkylation sites (tertiary alicyclic amines) is 1. The highest BCUT2D eigenvalue weighted by Crippen LogP contribution is 2.25. The highest BCUT2D eigenvalue weighted by molar-refractivity contribution is 7.92. The molecule has 8 heteroatoms. The number of hydrogen-bond acceptors (Lipinski definition) is 3. The molecule has 0 unspecified atom stereocenters. The van der Waals surface area contributed by atoms with E-state index in [1.165, 1.54) is 4.90 Å². The Hall–Kier alpha value is -1.57. The summed E-state index contributed by atoms with van der Waals surface area (Å²) in [6, 6.07) is 1.86. The fourth-order valence-electron chi connectivity index (χ4n) is 2.89. The first kappa shape index (κ1) is 20.7. The second kappa shape index (κ2) is 7.58. The van der Waals surface area contributed by atoms with Crippen molar-refractivity contribution in [3.05, 3.63) is 35.1 Å². The lowest BCUT2D eigenvalue weighted by Gasteiger charge is -2.33.